The van der Waals surface area contributed by atoms with Crippen LogP contribution in [0.4, 0.5) is 0 Å². The van der Waals surface area contributed by atoms with Crippen molar-refractivity contribution in [2.75, 3.05) is 19.7 Å². The monoisotopic (exact) mass is 200 g/mol. The third-order valence-electron chi connectivity index (χ3n) is 2.42. The standard InChI is InChI=1S/C10H20N2O2/c1-8-7-10(3-6-14-8)12-5-4-11-9(2)13/h8,10,12H,3-7H2,1-2H3,(H,11,13). The molecule has 1 aliphatic rings. The van der Waals surface area contributed by atoms with Crippen molar-refractivity contribution >= 4 is 5.91 Å². The van der Waals surface area contributed by atoms with Crippen molar-refractivity contribution in [1.29, 1.82) is 0 Å². The molecule has 0 aromatic carbocycles. The number of carbonyl (C=O) groups excluding carboxylic acids is 1. The molecule has 4 heteroatoms. The molecule has 14 heavy (non-hydrogen) atoms. The lowest BCUT2D eigenvalue weighted by Gasteiger charge is -2.28. The lowest BCUT2D eigenvalue weighted by atomic mass is 10.0. The molecule has 1 fully saturated rings. The summed E-state index contributed by atoms with van der Waals surface area (Å²) in [5, 5.41) is 6.18. The highest BCUT2D eigenvalue weighted by molar-refractivity contribution is 5.72. The van der Waals surface area contributed by atoms with E-state index >= 15 is 0 Å². The van der Waals surface area contributed by atoms with Gasteiger partial charge in [-0.3, -0.25) is 4.79 Å². The van der Waals surface area contributed by atoms with Gasteiger partial charge in [0, 0.05) is 32.7 Å². The molecule has 1 amide bonds. The van der Waals surface area contributed by atoms with E-state index in [0.29, 0.717) is 18.7 Å². The SMILES string of the molecule is CC(=O)NCCNC1CCOC(C)C1. The molecule has 2 N–H and O–H groups in total. The average Bonchev–Trinajstić information content (AvgIpc) is 2.12. The van der Waals surface area contributed by atoms with E-state index in [1.54, 1.807) is 0 Å². The highest BCUT2D eigenvalue weighted by atomic mass is 16.5. The minimum atomic E-state index is 0.0344. The quantitative estimate of drug-likeness (QED) is 0.641. The maximum atomic E-state index is 10.6. The number of carbonyl (C=O) groups is 1. The Labute approximate surface area is 85.4 Å². The summed E-state index contributed by atoms with van der Waals surface area (Å²) >= 11 is 0. The minimum Gasteiger partial charge on any atom is -0.378 e. The summed E-state index contributed by atoms with van der Waals surface area (Å²) in [5.74, 6) is 0.0344. The Morgan fingerprint density at radius 2 is 2.29 bits per heavy atom. The van der Waals surface area contributed by atoms with E-state index in [1.165, 1.54) is 6.92 Å². The molecule has 2 atom stereocenters. The molecule has 1 heterocycles. The van der Waals surface area contributed by atoms with Crippen molar-refractivity contribution in [3.63, 3.8) is 0 Å². The Kier molecular flexibility index (Phi) is 4.90. The van der Waals surface area contributed by atoms with Crippen LogP contribution in [-0.4, -0.2) is 37.7 Å². The fraction of sp³-hybridized carbons (Fsp3) is 0.900. The summed E-state index contributed by atoms with van der Waals surface area (Å²) in [6.07, 6.45) is 2.51. The van der Waals surface area contributed by atoms with Gasteiger partial charge >= 0.3 is 0 Å². The number of hydrogen-bond acceptors (Lipinski definition) is 3. The average molecular weight is 200 g/mol. The molecular weight excluding hydrogens is 180 g/mol. The molecule has 0 radical (unpaired) electrons. The predicted octanol–water partition coefficient (Wildman–Crippen LogP) is 0.280. The van der Waals surface area contributed by atoms with E-state index in [4.69, 9.17) is 4.74 Å². The van der Waals surface area contributed by atoms with Gasteiger partial charge in [-0.15, -0.1) is 0 Å². The first-order valence-corrected chi connectivity index (χ1v) is 5.28. The maximum absolute atomic E-state index is 10.6. The second kappa shape index (κ2) is 5.98. The Morgan fingerprint density at radius 3 is 2.93 bits per heavy atom. The summed E-state index contributed by atoms with van der Waals surface area (Å²) in [5.41, 5.74) is 0. The summed E-state index contributed by atoms with van der Waals surface area (Å²) in [6.45, 7) is 6.04. The van der Waals surface area contributed by atoms with E-state index in [-0.39, 0.29) is 5.91 Å². The summed E-state index contributed by atoms with van der Waals surface area (Å²) in [4.78, 5) is 10.6. The predicted molar refractivity (Wildman–Crippen MR) is 55.1 cm³/mol. The third kappa shape index (κ3) is 4.58. The molecule has 0 saturated carbocycles. The smallest absolute Gasteiger partial charge is 0.216 e. The number of rotatable bonds is 4. The number of nitrogens with one attached hydrogen (secondary N) is 2. The van der Waals surface area contributed by atoms with Crippen LogP contribution < -0.4 is 10.6 Å². The van der Waals surface area contributed by atoms with Gasteiger partial charge in [0.25, 0.3) is 0 Å². The van der Waals surface area contributed by atoms with Gasteiger partial charge in [0.05, 0.1) is 6.10 Å². The summed E-state index contributed by atoms with van der Waals surface area (Å²) < 4.78 is 5.44. The highest BCUT2D eigenvalue weighted by Gasteiger charge is 2.17. The van der Waals surface area contributed by atoms with E-state index in [2.05, 4.69) is 17.6 Å². The van der Waals surface area contributed by atoms with Crippen molar-refractivity contribution in [3.8, 4) is 0 Å². The molecule has 0 bridgehead atoms. The second-order valence-electron chi connectivity index (χ2n) is 3.84. The van der Waals surface area contributed by atoms with Crippen molar-refractivity contribution in [3.05, 3.63) is 0 Å². The number of hydrogen-bond donors (Lipinski definition) is 2. The molecule has 1 saturated heterocycles. The van der Waals surface area contributed by atoms with Crippen LogP contribution in [0.2, 0.25) is 0 Å². The Hall–Kier alpha value is -0.610. The molecule has 0 spiro atoms. The van der Waals surface area contributed by atoms with Gasteiger partial charge in [0.15, 0.2) is 0 Å². The zero-order valence-electron chi connectivity index (χ0n) is 9.01. The fourth-order valence-corrected chi connectivity index (χ4v) is 1.70. The van der Waals surface area contributed by atoms with E-state index < -0.39 is 0 Å². The second-order valence-corrected chi connectivity index (χ2v) is 3.84. The van der Waals surface area contributed by atoms with Gasteiger partial charge < -0.3 is 15.4 Å². The molecular formula is C10H20N2O2. The van der Waals surface area contributed by atoms with Gasteiger partial charge in [0.1, 0.15) is 0 Å². The van der Waals surface area contributed by atoms with Crippen LogP contribution in [0.3, 0.4) is 0 Å². The Bertz CT molecular complexity index is 185. The van der Waals surface area contributed by atoms with Gasteiger partial charge in [-0.2, -0.15) is 0 Å². The van der Waals surface area contributed by atoms with Crippen molar-refractivity contribution in [2.45, 2.75) is 38.8 Å². The Morgan fingerprint density at radius 1 is 1.50 bits per heavy atom. The van der Waals surface area contributed by atoms with Crippen LogP contribution >= 0.6 is 0 Å². The van der Waals surface area contributed by atoms with E-state index in [9.17, 15) is 4.79 Å². The molecule has 0 aromatic rings. The maximum Gasteiger partial charge on any atom is 0.216 e. The van der Waals surface area contributed by atoms with Crippen LogP contribution in [0.1, 0.15) is 26.7 Å². The largest absolute Gasteiger partial charge is 0.378 e. The zero-order valence-corrected chi connectivity index (χ0v) is 9.01. The van der Waals surface area contributed by atoms with Crippen LogP contribution in [-0.2, 0) is 9.53 Å². The lowest BCUT2D eigenvalue weighted by molar-refractivity contribution is -0.118. The van der Waals surface area contributed by atoms with Gasteiger partial charge in [-0.25, -0.2) is 0 Å². The fourth-order valence-electron chi connectivity index (χ4n) is 1.70. The zero-order chi connectivity index (χ0) is 10.4. The van der Waals surface area contributed by atoms with E-state index in [1.807, 2.05) is 0 Å². The highest BCUT2D eigenvalue weighted by Crippen LogP contribution is 2.12. The lowest BCUT2D eigenvalue weighted by Crippen LogP contribution is -2.41. The summed E-state index contributed by atoms with van der Waals surface area (Å²) in [7, 11) is 0. The van der Waals surface area contributed by atoms with Crippen molar-refractivity contribution in [2.24, 2.45) is 0 Å². The first-order valence-electron chi connectivity index (χ1n) is 5.28. The first kappa shape index (κ1) is 11.5. The molecule has 0 aliphatic carbocycles. The molecule has 0 aromatic heterocycles. The summed E-state index contributed by atoms with van der Waals surface area (Å²) in [6, 6.07) is 0.549. The normalized spacial score (nSPS) is 27.3. The van der Waals surface area contributed by atoms with E-state index in [0.717, 1.165) is 26.0 Å². The van der Waals surface area contributed by atoms with Crippen molar-refractivity contribution in [1.82, 2.24) is 10.6 Å². The Balaban J connectivity index is 2.03. The van der Waals surface area contributed by atoms with Gasteiger partial charge in [0.2, 0.25) is 5.91 Å². The topological polar surface area (TPSA) is 50.4 Å². The molecule has 4 nitrogen and oxygen atoms in total. The molecule has 2 unspecified atom stereocenters. The molecule has 82 valence electrons. The molecule has 1 aliphatic heterocycles. The number of amides is 1. The number of ether oxygens (including phenoxy) is 1. The van der Waals surface area contributed by atoms with Gasteiger partial charge in [-0.1, -0.05) is 0 Å². The van der Waals surface area contributed by atoms with Crippen LogP contribution in [0, 0.1) is 0 Å². The van der Waals surface area contributed by atoms with Crippen LogP contribution in [0.25, 0.3) is 0 Å². The first-order chi connectivity index (χ1) is 6.68. The minimum absolute atomic E-state index is 0.0344. The van der Waals surface area contributed by atoms with Gasteiger partial charge in [-0.05, 0) is 19.8 Å². The van der Waals surface area contributed by atoms with Crippen molar-refractivity contribution < 1.29 is 9.53 Å². The third-order valence-corrected chi connectivity index (χ3v) is 2.42. The van der Waals surface area contributed by atoms with Crippen LogP contribution in [0.15, 0.2) is 0 Å². The molecule has 1 rings (SSSR count). The van der Waals surface area contributed by atoms with Crippen LogP contribution in [0.5, 0.6) is 0 Å².